The van der Waals surface area contributed by atoms with E-state index in [0.29, 0.717) is 24.5 Å². The lowest BCUT2D eigenvalue weighted by Gasteiger charge is -2.40. The Hall–Kier alpha value is -1.98. The Morgan fingerprint density at radius 2 is 1.83 bits per heavy atom. The number of carbonyl (C=O) groups excluding carboxylic acids is 1. The molecule has 2 atom stereocenters. The second-order valence-corrected chi connectivity index (χ2v) is 9.39. The molecule has 2 unspecified atom stereocenters. The van der Waals surface area contributed by atoms with E-state index in [-0.39, 0.29) is 30.6 Å². The molecule has 12 heteroatoms. The number of fused-ring (bicyclic) bond motifs is 2. The minimum Gasteiger partial charge on any atom is -0.336 e. The van der Waals surface area contributed by atoms with Crippen molar-refractivity contribution in [2.75, 3.05) is 19.6 Å². The van der Waals surface area contributed by atoms with Crippen LogP contribution in [0.4, 0.5) is 13.2 Å². The van der Waals surface area contributed by atoms with Gasteiger partial charge in [-0.2, -0.15) is 27.7 Å². The van der Waals surface area contributed by atoms with Gasteiger partial charge in [0.2, 0.25) is 10.0 Å². The monoisotopic (exact) mass is 448 g/mol. The van der Waals surface area contributed by atoms with Gasteiger partial charge in [-0.3, -0.25) is 4.79 Å². The maximum atomic E-state index is 13.4. The number of hydrogen-bond donors (Lipinski definition) is 0. The quantitative estimate of drug-likeness (QED) is 0.712. The summed E-state index contributed by atoms with van der Waals surface area (Å²) in [6.07, 6.45) is -2.55. The van der Waals surface area contributed by atoms with Crippen LogP contribution < -0.4 is 0 Å². The van der Waals surface area contributed by atoms with Crippen LogP contribution >= 0.6 is 11.6 Å². The minimum atomic E-state index is -4.84. The van der Waals surface area contributed by atoms with Crippen molar-refractivity contribution in [3.8, 4) is 0 Å². The fourth-order valence-corrected chi connectivity index (χ4v) is 6.40. The summed E-state index contributed by atoms with van der Waals surface area (Å²) in [7, 11) is -4.46. The van der Waals surface area contributed by atoms with Gasteiger partial charge in [0.1, 0.15) is 0 Å². The first-order valence-corrected chi connectivity index (χ1v) is 10.7. The van der Waals surface area contributed by atoms with Gasteiger partial charge < -0.3 is 4.90 Å². The largest absolute Gasteiger partial charge is 0.417 e. The highest BCUT2D eigenvalue weighted by Gasteiger charge is 2.50. The Bertz CT molecular complexity index is 1010. The second-order valence-electron chi connectivity index (χ2n) is 7.14. The van der Waals surface area contributed by atoms with Gasteiger partial charge >= 0.3 is 6.18 Å². The van der Waals surface area contributed by atoms with Crippen molar-refractivity contribution in [3.63, 3.8) is 0 Å². The summed E-state index contributed by atoms with van der Waals surface area (Å²) in [5, 5.41) is 7.29. The number of hydrogen-bond acceptors (Lipinski definition) is 5. The summed E-state index contributed by atoms with van der Waals surface area (Å²) < 4.78 is 67.8. The Morgan fingerprint density at radius 1 is 1.17 bits per heavy atom. The molecule has 1 aromatic rings. The van der Waals surface area contributed by atoms with Gasteiger partial charge in [0.25, 0.3) is 5.91 Å². The van der Waals surface area contributed by atoms with Gasteiger partial charge in [-0.25, -0.2) is 8.42 Å². The lowest BCUT2D eigenvalue weighted by Crippen LogP contribution is -2.57. The molecule has 3 heterocycles. The van der Waals surface area contributed by atoms with Gasteiger partial charge in [-0.1, -0.05) is 11.6 Å². The summed E-state index contributed by atoms with van der Waals surface area (Å²) in [5.74, 6) is -0.275. The standard InChI is InChI=1S/C17H16ClF3N4O3S/c18-11-1-4-14(17(19,20)21)15(5-11)29(27,28)25-12-2-3-13(25)9-24(8-12)16(26)10-6-22-23-7-10/h1,4-6,12-13H,2-3,7-9H2. The molecule has 0 N–H and O–H groups in total. The maximum absolute atomic E-state index is 13.4. The van der Waals surface area contributed by atoms with E-state index in [1.54, 1.807) is 0 Å². The van der Waals surface area contributed by atoms with Crippen LogP contribution in [0.5, 0.6) is 0 Å². The fraction of sp³-hybridized carbons (Fsp3) is 0.471. The van der Waals surface area contributed by atoms with Crippen LogP contribution in [0.15, 0.2) is 45.1 Å². The van der Waals surface area contributed by atoms with Crippen LogP contribution in [-0.4, -0.2) is 55.2 Å². The molecule has 29 heavy (non-hydrogen) atoms. The smallest absolute Gasteiger partial charge is 0.336 e. The van der Waals surface area contributed by atoms with E-state index in [1.165, 1.54) is 11.1 Å². The number of alkyl halides is 3. The molecule has 0 spiro atoms. The first kappa shape index (κ1) is 20.3. The van der Waals surface area contributed by atoms with Gasteiger partial charge in [0.05, 0.1) is 28.8 Å². The van der Waals surface area contributed by atoms with Gasteiger partial charge in [-0.05, 0) is 31.0 Å². The molecular weight excluding hydrogens is 433 g/mol. The molecule has 0 aromatic heterocycles. The molecule has 1 amide bonds. The van der Waals surface area contributed by atoms with Crippen LogP contribution in [0, 0.1) is 0 Å². The zero-order chi connectivity index (χ0) is 21.0. The molecular formula is C17H16ClF3N4O3S. The van der Waals surface area contributed by atoms with Crippen molar-refractivity contribution in [3.05, 3.63) is 40.6 Å². The van der Waals surface area contributed by atoms with Crippen molar-refractivity contribution in [1.82, 2.24) is 9.21 Å². The SMILES string of the molecule is O=C(C1=CN=NC1)N1CC2CCC(C1)N2S(=O)(=O)c1cc(Cl)ccc1C(F)(F)F. The van der Waals surface area contributed by atoms with Crippen LogP contribution in [0.2, 0.25) is 5.02 Å². The average molecular weight is 449 g/mol. The number of nitrogens with zero attached hydrogens (tertiary/aromatic N) is 4. The number of azo groups is 1. The van der Waals surface area contributed by atoms with Gasteiger partial charge in [-0.15, -0.1) is 0 Å². The van der Waals surface area contributed by atoms with Crippen molar-refractivity contribution in [2.24, 2.45) is 10.2 Å². The number of amides is 1. The average Bonchev–Trinajstić information content (AvgIpc) is 3.27. The van der Waals surface area contributed by atoms with Crippen molar-refractivity contribution in [2.45, 2.75) is 36.0 Å². The summed E-state index contributed by atoms with van der Waals surface area (Å²) in [5.41, 5.74) is -0.839. The summed E-state index contributed by atoms with van der Waals surface area (Å²) in [6, 6.07) is 1.33. The molecule has 7 nitrogen and oxygen atoms in total. The maximum Gasteiger partial charge on any atom is 0.417 e. The third-order valence-electron chi connectivity index (χ3n) is 5.32. The molecule has 0 radical (unpaired) electrons. The number of halogens is 4. The third-order valence-corrected chi connectivity index (χ3v) is 7.60. The zero-order valence-corrected chi connectivity index (χ0v) is 16.5. The second kappa shape index (κ2) is 7.06. The Kier molecular flexibility index (Phi) is 4.94. The number of benzene rings is 1. The predicted molar refractivity (Wildman–Crippen MR) is 96.7 cm³/mol. The van der Waals surface area contributed by atoms with E-state index in [9.17, 15) is 26.4 Å². The number of likely N-dealkylation sites (tertiary alicyclic amines) is 1. The fourth-order valence-electron chi connectivity index (χ4n) is 4.07. The highest BCUT2D eigenvalue weighted by atomic mass is 35.5. The molecule has 2 fully saturated rings. The summed E-state index contributed by atoms with van der Waals surface area (Å²) >= 11 is 5.81. The van der Waals surface area contributed by atoms with E-state index in [1.807, 2.05) is 0 Å². The molecule has 2 bridgehead atoms. The Labute approximate surface area is 169 Å². The minimum absolute atomic E-state index is 0.0987. The molecule has 0 aliphatic carbocycles. The van der Waals surface area contributed by atoms with E-state index in [2.05, 4.69) is 10.2 Å². The van der Waals surface area contributed by atoms with Crippen LogP contribution in [0.3, 0.4) is 0 Å². The number of sulfonamides is 1. The Morgan fingerprint density at radius 3 is 2.38 bits per heavy atom. The summed E-state index contributed by atoms with van der Waals surface area (Å²) in [6.45, 7) is 0.381. The molecule has 156 valence electrons. The highest BCUT2D eigenvalue weighted by Crippen LogP contribution is 2.41. The van der Waals surface area contributed by atoms with E-state index in [0.717, 1.165) is 16.4 Å². The van der Waals surface area contributed by atoms with E-state index < -0.39 is 38.7 Å². The molecule has 0 saturated carbocycles. The first-order chi connectivity index (χ1) is 13.6. The highest BCUT2D eigenvalue weighted by molar-refractivity contribution is 7.89. The van der Waals surface area contributed by atoms with Crippen LogP contribution in [0.1, 0.15) is 18.4 Å². The number of piperazine rings is 1. The lowest BCUT2D eigenvalue weighted by molar-refractivity contribution is -0.139. The van der Waals surface area contributed by atoms with Gasteiger partial charge in [0, 0.05) is 30.2 Å². The third kappa shape index (κ3) is 3.55. The summed E-state index contributed by atoms with van der Waals surface area (Å²) in [4.78, 5) is 13.3. The van der Waals surface area contributed by atoms with Crippen molar-refractivity contribution < 1.29 is 26.4 Å². The Balaban J connectivity index is 1.65. The van der Waals surface area contributed by atoms with E-state index in [4.69, 9.17) is 11.6 Å². The first-order valence-electron chi connectivity index (χ1n) is 8.84. The van der Waals surface area contributed by atoms with Gasteiger partial charge in [0.15, 0.2) is 0 Å². The van der Waals surface area contributed by atoms with Crippen molar-refractivity contribution >= 4 is 27.5 Å². The molecule has 3 aliphatic rings. The molecule has 3 aliphatic heterocycles. The topological polar surface area (TPSA) is 82.4 Å². The van der Waals surface area contributed by atoms with Crippen molar-refractivity contribution in [1.29, 1.82) is 0 Å². The lowest BCUT2D eigenvalue weighted by atomic mass is 10.2. The van der Waals surface area contributed by atoms with Crippen LogP contribution in [-0.2, 0) is 21.0 Å². The van der Waals surface area contributed by atoms with E-state index >= 15 is 0 Å². The predicted octanol–water partition coefficient (Wildman–Crippen LogP) is 3.07. The van der Waals surface area contributed by atoms with Crippen LogP contribution in [0.25, 0.3) is 0 Å². The zero-order valence-electron chi connectivity index (χ0n) is 14.9. The normalized spacial score (nSPS) is 24.8. The number of carbonyl (C=O) groups is 1. The molecule has 2 saturated heterocycles. The number of rotatable bonds is 3. The molecule has 4 rings (SSSR count). The molecule has 1 aromatic carbocycles.